The zero-order chi connectivity index (χ0) is 10.4. The van der Waals surface area contributed by atoms with Gasteiger partial charge in [0.25, 0.3) is 0 Å². The van der Waals surface area contributed by atoms with Gasteiger partial charge in [0, 0.05) is 12.6 Å². The van der Waals surface area contributed by atoms with Crippen molar-refractivity contribution in [2.75, 3.05) is 26.7 Å². The zero-order valence-corrected chi connectivity index (χ0v) is 10.1. The molecule has 0 radical (unpaired) electrons. The van der Waals surface area contributed by atoms with Gasteiger partial charge in [-0.2, -0.15) is 0 Å². The van der Waals surface area contributed by atoms with Crippen LogP contribution in [0, 0.1) is 5.92 Å². The number of likely N-dealkylation sites (tertiary alicyclic amines) is 1. The summed E-state index contributed by atoms with van der Waals surface area (Å²) < 4.78 is 0. The van der Waals surface area contributed by atoms with Crippen LogP contribution >= 0.6 is 0 Å². The van der Waals surface area contributed by atoms with E-state index in [1.165, 1.54) is 38.8 Å². The van der Waals surface area contributed by atoms with Crippen LogP contribution in [0.3, 0.4) is 0 Å². The standard InChI is InChI=1S/C12H26N2/c1-4-12(10-13-3)14-8-5-6-11(2)7-9-14/h11-13H,4-10H2,1-3H3. The lowest BCUT2D eigenvalue weighted by molar-refractivity contribution is 0.194. The van der Waals surface area contributed by atoms with Crippen molar-refractivity contribution in [2.24, 2.45) is 5.92 Å². The lowest BCUT2D eigenvalue weighted by Crippen LogP contribution is -2.41. The first-order valence-electron chi connectivity index (χ1n) is 6.16. The molecule has 1 heterocycles. The molecule has 1 aliphatic rings. The van der Waals surface area contributed by atoms with E-state index in [4.69, 9.17) is 0 Å². The molecule has 0 aliphatic carbocycles. The van der Waals surface area contributed by atoms with Gasteiger partial charge in [-0.25, -0.2) is 0 Å². The van der Waals surface area contributed by atoms with Crippen LogP contribution in [0.2, 0.25) is 0 Å². The predicted octanol–water partition coefficient (Wildman–Crippen LogP) is 2.11. The Morgan fingerprint density at radius 2 is 2.14 bits per heavy atom. The van der Waals surface area contributed by atoms with Crippen LogP contribution < -0.4 is 5.32 Å². The molecule has 0 aromatic heterocycles. The van der Waals surface area contributed by atoms with Crippen molar-refractivity contribution in [3.63, 3.8) is 0 Å². The molecule has 1 saturated heterocycles. The van der Waals surface area contributed by atoms with Crippen molar-refractivity contribution < 1.29 is 0 Å². The Balaban J connectivity index is 2.40. The highest BCUT2D eigenvalue weighted by Crippen LogP contribution is 2.18. The predicted molar refractivity (Wildman–Crippen MR) is 62.6 cm³/mol. The van der Waals surface area contributed by atoms with Crippen LogP contribution in [0.4, 0.5) is 0 Å². The maximum atomic E-state index is 3.31. The monoisotopic (exact) mass is 198 g/mol. The van der Waals surface area contributed by atoms with Gasteiger partial charge in [0.05, 0.1) is 0 Å². The van der Waals surface area contributed by atoms with Crippen molar-refractivity contribution in [1.29, 1.82) is 0 Å². The van der Waals surface area contributed by atoms with Crippen molar-refractivity contribution in [1.82, 2.24) is 10.2 Å². The van der Waals surface area contributed by atoms with E-state index < -0.39 is 0 Å². The molecule has 0 aromatic carbocycles. The van der Waals surface area contributed by atoms with Crippen molar-refractivity contribution in [2.45, 2.75) is 45.6 Å². The Bertz CT molecular complexity index is 147. The smallest absolute Gasteiger partial charge is 0.0217 e. The largest absolute Gasteiger partial charge is 0.318 e. The maximum absolute atomic E-state index is 3.31. The minimum Gasteiger partial charge on any atom is -0.318 e. The third-order valence-electron chi connectivity index (χ3n) is 3.48. The van der Waals surface area contributed by atoms with Gasteiger partial charge in [-0.15, -0.1) is 0 Å². The number of hydrogen-bond acceptors (Lipinski definition) is 2. The minimum atomic E-state index is 0.755. The highest BCUT2D eigenvalue weighted by molar-refractivity contribution is 4.75. The second-order valence-electron chi connectivity index (χ2n) is 4.69. The quantitative estimate of drug-likeness (QED) is 0.744. The average molecular weight is 198 g/mol. The van der Waals surface area contributed by atoms with Crippen molar-refractivity contribution in [3.8, 4) is 0 Å². The molecule has 1 N–H and O–H groups in total. The van der Waals surface area contributed by atoms with Gasteiger partial charge < -0.3 is 5.32 Å². The van der Waals surface area contributed by atoms with Gasteiger partial charge in [-0.3, -0.25) is 4.90 Å². The van der Waals surface area contributed by atoms with Crippen molar-refractivity contribution >= 4 is 0 Å². The molecule has 1 fully saturated rings. The first-order chi connectivity index (χ1) is 6.77. The molecule has 0 amide bonds. The fraction of sp³-hybridized carbons (Fsp3) is 1.00. The molecule has 0 bridgehead atoms. The summed E-state index contributed by atoms with van der Waals surface area (Å²) in [5, 5.41) is 3.31. The summed E-state index contributed by atoms with van der Waals surface area (Å²) in [7, 11) is 2.06. The van der Waals surface area contributed by atoms with Crippen LogP contribution in [0.15, 0.2) is 0 Å². The maximum Gasteiger partial charge on any atom is 0.0217 e. The molecule has 0 aromatic rings. The number of rotatable bonds is 4. The van der Waals surface area contributed by atoms with Gasteiger partial charge in [0.2, 0.25) is 0 Å². The molecule has 14 heavy (non-hydrogen) atoms. The van der Waals surface area contributed by atoms with E-state index in [9.17, 15) is 0 Å². The molecule has 2 nitrogen and oxygen atoms in total. The molecule has 2 heteroatoms. The fourth-order valence-electron chi connectivity index (χ4n) is 2.42. The van der Waals surface area contributed by atoms with Gasteiger partial charge in [0.1, 0.15) is 0 Å². The molecule has 2 atom stereocenters. The molecule has 2 unspecified atom stereocenters. The van der Waals surface area contributed by atoms with E-state index in [0.29, 0.717) is 0 Å². The summed E-state index contributed by atoms with van der Waals surface area (Å²) in [6, 6.07) is 0.755. The van der Waals surface area contributed by atoms with Gasteiger partial charge in [-0.05, 0) is 51.7 Å². The highest BCUT2D eigenvalue weighted by Gasteiger charge is 2.19. The SMILES string of the molecule is CCC(CNC)N1CCCC(C)CC1. The summed E-state index contributed by atoms with van der Waals surface area (Å²) in [6.07, 6.45) is 5.48. The lowest BCUT2D eigenvalue weighted by Gasteiger charge is -2.29. The van der Waals surface area contributed by atoms with Crippen LogP contribution in [-0.2, 0) is 0 Å². The van der Waals surface area contributed by atoms with E-state index in [1.807, 2.05) is 0 Å². The average Bonchev–Trinajstić information content (AvgIpc) is 2.40. The second kappa shape index (κ2) is 6.41. The van der Waals surface area contributed by atoms with Crippen molar-refractivity contribution in [3.05, 3.63) is 0 Å². The number of nitrogens with one attached hydrogen (secondary N) is 1. The summed E-state index contributed by atoms with van der Waals surface area (Å²) in [5.74, 6) is 0.937. The molecule has 1 rings (SSSR count). The molecule has 84 valence electrons. The molecule has 1 aliphatic heterocycles. The third-order valence-corrected chi connectivity index (χ3v) is 3.48. The molecular weight excluding hydrogens is 172 g/mol. The first-order valence-corrected chi connectivity index (χ1v) is 6.16. The van der Waals surface area contributed by atoms with E-state index in [2.05, 4.69) is 31.1 Å². The number of likely N-dealkylation sites (N-methyl/N-ethyl adjacent to an activating group) is 1. The lowest BCUT2D eigenvalue weighted by atomic mass is 10.0. The number of nitrogens with zero attached hydrogens (tertiary/aromatic N) is 1. The number of hydrogen-bond donors (Lipinski definition) is 1. The summed E-state index contributed by atoms with van der Waals surface area (Å²) in [6.45, 7) is 8.45. The summed E-state index contributed by atoms with van der Waals surface area (Å²) >= 11 is 0. The van der Waals surface area contributed by atoms with Gasteiger partial charge in [-0.1, -0.05) is 13.8 Å². The third kappa shape index (κ3) is 3.58. The van der Waals surface area contributed by atoms with E-state index >= 15 is 0 Å². The van der Waals surface area contributed by atoms with E-state index in [1.54, 1.807) is 0 Å². The van der Waals surface area contributed by atoms with E-state index in [-0.39, 0.29) is 0 Å². The van der Waals surface area contributed by atoms with Crippen LogP contribution in [0.5, 0.6) is 0 Å². The van der Waals surface area contributed by atoms with Crippen LogP contribution in [0.25, 0.3) is 0 Å². The Morgan fingerprint density at radius 3 is 2.79 bits per heavy atom. The second-order valence-corrected chi connectivity index (χ2v) is 4.69. The summed E-state index contributed by atoms with van der Waals surface area (Å²) in [4.78, 5) is 2.68. The Hall–Kier alpha value is -0.0800. The van der Waals surface area contributed by atoms with Gasteiger partial charge in [0.15, 0.2) is 0 Å². The molecule has 0 spiro atoms. The minimum absolute atomic E-state index is 0.755. The van der Waals surface area contributed by atoms with Crippen LogP contribution in [0.1, 0.15) is 39.5 Å². The first kappa shape index (κ1) is 12.0. The highest BCUT2D eigenvalue weighted by atomic mass is 15.2. The normalized spacial score (nSPS) is 27.2. The molecular formula is C12H26N2. The molecule has 0 saturated carbocycles. The topological polar surface area (TPSA) is 15.3 Å². The Morgan fingerprint density at radius 1 is 1.36 bits per heavy atom. The van der Waals surface area contributed by atoms with E-state index in [0.717, 1.165) is 18.5 Å². The fourth-order valence-corrected chi connectivity index (χ4v) is 2.42. The van der Waals surface area contributed by atoms with Crippen LogP contribution in [-0.4, -0.2) is 37.6 Å². The Labute approximate surface area is 89.1 Å². The summed E-state index contributed by atoms with van der Waals surface area (Å²) in [5.41, 5.74) is 0. The zero-order valence-electron chi connectivity index (χ0n) is 10.1. The van der Waals surface area contributed by atoms with Gasteiger partial charge >= 0.3 is 0 Å². The Kier molecular flexibility index (Phi) is 5.49.